The van der Waals surface area contributed by atoms with E-state index in [2.05, 4.69) is 16.7 Å². The molecule has 0 bridgehead atoms. The van der Waals surface area contributed by atoms with Crippen LogP contribution in [0.1, 0.15) is 66.8 Å². The fourth-order valence-electron chi connectivity index (χ4n) is 4.03. The maximum atomic E-state index is 12.4. The Morgan fingerprint density at radius 2 is 1.76 bits per heavy atom. The number of carbonyl (C=O) groups excluding carboxylic acids is 2. The molecular formula is C20H26N2O3. The molecule has 0 saturated heterocycles. The predicted molar refractivity (Wildman–Crippen MR) is 94.2 cm³/mol. The number of hydrogen-bond acceptors (Lipinski definition) is 3. The number of aliphatic hydroxyl groups excluding tert-OH is 1. The maximum absolute atomic E-state index is 12.4. The lowest BCUT2D eigenvalue weighted by molar-refractivity contribution is -0.128. The molecule has 3 aliphatic rings. The number of benzene rings is 1. The van der Waals surface area contributed by atoms with Crippen molar-refractivity contribution in [3.63, 3.8) is 0 Å². The lowest BCUT2D eigenvalue weighted by atomic mass is 9.86. The van der Waals surface area contributed by atoms with E-state index < -0.39 is 6.10 Å². The predicted octanol–water partition coefficient (Wildman–Crippen LogP) is 2.10. The van der Waals surface area contributed by atoms with Crippen molar-refractivity contribution in [2.45, 2.75) is 69.1 Å². The number of aliphatic hydroxyl groups is 1. The Bertz CT molecular complexity index is 665. The highest BCUT2D eigenvalue weighted by Crippen LogP contribution is 2.40. The zero-order chi connectivity index (χ0) is 17.4. The van der Waals surface area contributed by atoms with Gasteiger partial charge in [-0.15, -0.1) is 0 Å². The minimum absolute atomic E-state index is 0.0245. The van der Waals surface area contributed by atoms with E-state index in [4.69, 9.17) is 0 Å². The first-order valence-electron chi connectivity index (χ1n) is 9.49. The van der Waals surface area contributed by atoms with Crippen LogP contribution >= 0.6 is 0 Å². The van der Waals surface area contributed by atoms with Crippen molar-refractivity contribution in [3.05, 3.63) is 35.4 Å². The Balaban J connectivity index is 1.23. The van der Waals surface area contributed by atoms with E-state index in [9.17, 15) is 14.7 Å². The molecule has 3 aliphatic carbocycles. The molecule has 0 heterocycles. The average Bonchev–Trinajstić information content (AvgIpc) is 3.34. The molecule has 3 fully saturated rings. The maximum Gasteiger partial charge on any atom is 0.251 e. The van der Waals surface area contributed by atoms with Gasteiger partial charge in [0, 0.05) is 17.6 Å². The Morgan fingerprint density at radius 1 is 1.00 bits per heavy atom. The van der Waals surface area contributed by atoms with E-state index in [1.165, 1.54) is 18.4 Å². The summed E-state index contributed by atoms with van der Waals surface area (Å²) in [6.45, 7) is 0. The smallest absolute Gasteiger partial charge is 0.251 e. The first kappa shape index (κ1) is 16.6. The third-order valence-corrected chi connectivity index (χ3v) is 5.83. The quantitative estimate of drug-likeness (QED) is 0.767. The topological polar surface area (TPSA) is 78.4 Å². The van der Waals surface area contributed by atoms with Crippen molar-refractivity contribution in [1.29, 1.82) is 0 Å². The highest BCUT2D eigenvalue weighted by atomic mass is 16.3. The van der Waals surface area contributed by atoms with Gasteiger partial charge in [-0.3, -0.25) is 9.59 Å². The van der Waals surface area contributed by atoms with Gasteiger partial charge in [-0.2, -0.15) is 0 Å². The minimum Gasteiger partial charge on any atom is -0.392 e. The molecule has 0 spiro atoms. The molecule has 3 saturated carbocycles. The van der Waals surface area contributed by atoms with Crippen LogP contribution in [0.2, 0.25) is 0 Å². The third kappa shape index (κ3) is 3.71. The fraction of sp³-hybridized carbons (Fsp3) is 0.600. The minimum atomic E-state index is -0.491. The van der Waals surface area contributed by atoms with Gasteiger partial charge in [-0.05, 0) is 68.6 Å². The number of nitrogens with one attached hydrogen (secondary N) is 2. The highest BCUT2D eigenvalue weighted by Gasteiger charge is 2.36. The lowest BCUT2D eigenvalue weighted by Crippen LogP contribution is -2.55. The van der Waals surface area contributed by atoms with Crippen molar-refractivity contribution in [2.24, 2.45) is 5.92 Å². The Morgan fingerprint density at radius 3 is 2.44 bits per heavy atom. The second-order valence-corrected chi connectivity index (χ2v) is 7.85. The molecule has 1 aromatic rings. The van der Waals surface area contributed by atoms with E-state index in [-0.39, 0.29) is 29.8 Å². The molecule has 2 atom stereocenters. The van der Waals surface area contributed by atoms with E-state index in [0.29, 0.717) is 5.92 Å². The Labute approximate surface area is 148 Å². The van der Waals surface area contributed by atoms with Gasteiger partial charge < -0.3 is 15.7 Å². The summed E-state index contributed by atoms with van der Waals surface area (Å²) in [5.41, 5.74) is 1.99. The largest absolute Gasteiger partial charge is 0.392 e. The molecule has 0 radical (unpaired) electrons. The summed E-state index contributed by atoms with van der Waals surface area (Å²) < 4.78 is 0. The van der Waals surface area contributed by atoms with E-state index in [1.807, 2.05) is 18.2 Å². The van der Waals surface area contributed by atoms with Crippen molar-refractivity contribution in [2.75, 3.05) is 0 Å². The van der Waals surface area contributed by atoms with Gasteiger partial charge in [0.1, 0.15) is 0 Å². The molecule has 5 heteroatoms. The van der Waals surface area contributed by atoms with E-state index >= 15 is 0 Å². The van der Waals surface area contributed by atoms with Gasteiger partial charge in [0.05, 0.1) is 12.0 Å². The fourth-order valence-corrected chi connectivity index (χ4v) is 4.03. The van der Waals surface area contributed by atoms with Crippen LogP contribution in [-0.2, 0) is 4.79 Å². The zero-order valence-corrected chi connectivity index (χ0v) is 14.4. The van der Waals surface area contributed by atoms with Crippen molar-refractivity contribution in [3.8, 4) is 0 Å². The first-order chi connectivity index (χ1) is 12.1. The molecule has 0 aromatic heterocycles. The van der Waals surface area contributed by atoms with Gasteiger partial charge >= 0.3 is 0 Å². The summed E-state index contributed by atoms with van der Waals surface area (Å²) in [5, 5.41) is 15.9. The first-order valence-corrected chi connectivity index (χ1v) is 9.49. The molecule has 2 amide bonds. The number of rotatable bonds is 5. The monoisotopic (exact) mass is 342 g/mol. The molecule has 25 heavy (non-hydrogen) atoms. The lowest BCUT2D eigenvalue weighted by Gasteiger charge is -2.37. The summed E-state index contributed by atoms with van der Waals surface area (Å²) in [6.07, 6.45) is 5.91. The average molecular weight is 342 g/mol. The van der Waals surface area contributed by atoms with Crippen LogP contribution in [0.3, 0.4) is 0 Å². The summed E-state index contributed by atoms with van der Waals surface area (Å²) in [5.74, 6) is 0.334. The number of amides is 2. The van der Waals surface area contributed by atoms with Crippen LogP contribution in [-0.4, -0.2) is 35.1 Å². The van der Waals surface area contributed by atoms with Gasteiger partial charge in [0.25, 0.3) is 5.91 Å². The third-order valence-electron chi connectivity index (χ3n) is 5.83. The van der Waals surface area contributed by atoms with Crippen LogP contribution in [0.5, 0.6) is 0 Å². The Hall–Kier alpha value is -1.88. The standard InChI is InChI=1S/C20H26N2O3/c23-18-6-2-5-17(18)20(25)22-16-10-15(11-16)21-19(24)14-4-1-3-13(9-14)12-7-8-12/h1,3-4,9,12,15-18,23H,2,5-8,10-11H2,(H,21,24)(H,22,25). The molecule has 0 aliphatic heterocycles. The van der Waals surface area contributed by atoms with Crippen LogP contribution in [0, 0.1) is 5.92 Å². The number of carbonyl (C=O) groups is 2. The highest BCUT2D eigenvalue weighted by molar-refractivity contribution is 5.94. The number of hydrogen-bond donors (Lipinski definition) is 3. The molecule has 5 nitrogen and oxygen atoms in total. The van der Waals surface area contributed by atoms with Gasteiger partial charge in [-0.25, -0.2) is 0 Å². The summed E-state index contributed by atoms with van der Waals surface area (Å²) in [6, 6.07) is 8.16. The van der Waals surface area contributed by atoms with Crippen molar-refractivity contribution < 1.29 is 14.7 Å². The SMILES string of the molecule is O=C(NC1CC(NC(=O)C2CCCC2O)C1)c1cccc(C2CC2)c1. The van der Waals surface area contributed by atoms with Crippen LogP contribution < -0.4 is 10.6 Å². The Kier molecular flexibility index (Phi) is 4.50. The van der Waals surface area contributed by atoms with E-state index in [1.54, 1.807) is 0 Å². The molecule has 4 rings (SSSR count). The van der Waals surface area contributed by atoms with Gasteiger partial charge in [0.15, 0.2) is 0 Å². The summed E-state index contributed by atoms with van der Waals surface area (Å²) in [7, 11) is 0. The van der Waals surface area contributed by atoms with Crippen molar-refractivity contribution >= 4 is 11.8 Å². The van der Waals surface area contributed by atoms with Gasteiger partial charge in [-0.1, -0.05) is 12.1 Å². The zero-order valence-electron chi connectivity index (χ0n) is 14.4. The molecule has 2 unspecified atom stereocenters. The van der Waals surface area contributed by atoms with Crippen molar-refractivity contribution in [1.82, 2.24) is 10.6 Å². The summed E-state index contributed by atoms with van der Waals surface area (Å²) in [4.78, 5) is 24.6. The normalized spacial score (nSPS) is 31.2. The van der Waals surface area contributed by atoms with Crippen LogP contribution in [0.4, 0.5) is 0 Å². The molecule has 134 valence electrons. The van der Waals surface area contributed by atoms with Crippen LogP contribution in [0.25, 0.3) is 0 Å². The molecule has 3 N–H and O–H groups in total. The summed E-state index contributed by atoms with van der Waals surface area (Å²) >= 11 is 0. The van der Waals surface area contributed by atoms with Crippen LogP contribution in [0.15, 0.2) is 24.3 Å². The van der Waals surface area contributed by atoms with E-state index in [0.717, 1.165) is 37.7 Å². The molecule has 1 aromatic carbocycles. The second kappa shape index (κ2) is 6.79. The second-order valence-electron chi connectivity index (χ2n) is 7.85. The molecular weight excluding hydrogens is 316 g/mol. The van der Waals surface area contributed by atoms with Gasteiger partial charge in [0.2, 0.25) is 5.91 Å².